The number of para-hydroxylation sites is 1. The minimum absolute atomic E-state index is 0.224. The largest absolute Gasteiger partial charge is 0.493 e. The molecule has 1 N–H and O–H groups in total. The molecule has 5 heteroatoms. The second-order valence-electron chi connectivity index (χ2n) is 5.96. The van der Waals surface area contributed by atoms with E-state index < -0.39 is 0 Å². The SMILES string of the molecule is CCCOc1ccc(/C=C/C(=O)Nc2cccc3cccnc23)cc1OC. The van der Waals surface area contributed by atoms with E-state index in [1.54, 1.807) is 19.4 Å². The second kappa shape index (κ2) is 8.85. The van der Waals surface area contributed by atoms with E-state index in [0.717, 1.165) is 22.9 Å². The minimum atomic E-state index is -0.224. The molecule has 1 heterocycles. The van der Waals surface area contributed by atoms with Crippen LogP contribution in [0.15, 0.2) is 60.8 Å². The molecule has 0 saturated carbocycles. The summed E-state index contributed by atoms with van der Waals surface area (Å²) in [5, 5.41) is 3.86. The molecule has 3 rings (SSSR count). The average Bonchev–Trinajstić information content (AvgIpc) is 2.71. The summed E-state index contributed by atoms with van der Waals surface area (Å²) in [5.41, 5.74) is 2.30. The predicted octanol–water partition coefficient (Wildman–Crippen LogP) is 4.68. The van der Waals surface area contributed by atoms with Crippen molar-refractivity contribution in [1.29, 1.82) is 0 Å². The predicted molar refractivity (Wildman–Crippen MR) is 108 cm³/mol. The third-order valence-electron chi connectivity index (χ3n) is 3.97. The summed E-state index contributed by atoms with van der Waals surface area (Å²) in [6, 6.07) is 15.1. The highest BCUT2D eigenvalue weighted by Gasteiger charge is 2.06. The average molecular weight is 362 g/mol. The second-order valence-corrected chi connectivity index (χ2v) is 5.96. The smallest absolute Gasteiger partial charge is 0.248 e. The van der Waals surface area contributed by atoms with Crippen molar-refractivity contribution in [1.82, 2.24) is 4.98 Å². The first kappa shape index (κ1) is 18.5. The summed E-state index contributed by atoms with van der Waals surface area (Å²) < 4.78 is 11.0. The van der Waals surface area contributed by atoms with Crippen LogP contribution >= 0.6 is 0 Å². The molecule has 138 valence electrons. The third kappa shape index (κ3) is 4.64. The number of aromatic nitrogens is 1. The van der Waals surface area contributed by atoms with E-state index in [4.69, 9.17) is 9.47 Å². The molecule has 0 unspecified atom stereocenters. The maximum atomic E-state index is 12.3. The van der Waals surface area contributed by atoms with Gasteiger partial charge in [0.05, 0.1) is 24.9 Å². The first-order chi connectivity index (χ1) is 13.2. The van der Waals surface area contributed by atoms with Crippen LogP contribution in [0.25, 0.3) is 17.0 Å². The van der Waals surface area contributed by atoms with Gasteiger partial charge in [-0.25, -0.2) is 0 Å². The van der Waals surface area contributed by atoms with Gasteiger partial charge in [0.1, 0.15) is 0 Å². The van der Waals surface area contributed by atoms with Gasteiger partial charge in [0.15, 0.2) is 11.5 Å². The van der Waals surface area contributed by atoms with E-state index in [1.165, 1.54) is 6.08 Å². The van der Waals surface area contributed by atoms with Crippen molar-refractivity contribution < 1.29 is 14.3 Å². The summed E-state index contributed by atoms with van der Waals surface area (Å²) in [6.45, 7) is 2.68. The van der Waals surface area contributed by atoms with Gasteiger partial charge in [0.25, 0.3) is 0 Å². The Labute approximate surface area is 158 Å². The Morgan fingerprint density at radius 3 is 2.81 bits per heavy atom. The summed E-state index contributed by atoms with van der Waals surface area (Å²) in [4.78, 5) is 16.7. The molecule has 0 aliphatic carbocycles. The standard InChI is InChI=1S/C22H22N2O3/c1-3-14-27-19-11-9-16(15-20(19)26-2)10-12-21(25)24-18-8-4-6-17-7-5-13-23-22(17)18/h4-13,15H,3,14H2,1-2H3,(H,24,25)/b12-10+. The number of nitrogens with one attached hydrogen (secondary N) is 1. The zero-order valence-corrected chi connectivity index (χ0v) is 15.4. The maximum absolute atomic E-state index is 12.3. The number of pyridine rings is 1. The molecule has 1 aromatic heterocycles. The molecule has 0 fully saturated rings. The number of amides is 1. The Morgan fingerprint density at radius 1 is 1.15 bits per heavy atom. The van der Waals surface area contributed by atoms with Crippen LogP contribution in [0.5, 0.6) is 11.5 Å². The lowest BCUT2D eigenvalue weighted by Crippen LogP contribution is -2.08. The van der Waals surface area contributed by atoms with Crippen LogP contribution in [-0.2, 0) is 4.79 Å². The van der Waals surface area contributed by atoms with Crippen molar-refractivity contribution in [2.24, 2.45) is 0 Å². The molecule has 0 bridgehead atoms. The fourth-order valence-corrected chi connectivity index (χ4v) is 2.67. The van der Waals surface area contributed by atoms with Crippen molar-refractivity contribution >= 4 is 28.6 Å². The van der Waals surface area contributed by atoms with Gasteiger partial charge < -0.3 is 14.8 Å². The fourth-order valence-electron chi connectivity index (χ4n) is 2.67. The molecule has 1 amide bonds. The highest BCUT2D eigenvalue weighted by Crippen LogP contribution is 2.28. The molecule has 2 aromatic carbocycles. The van der Waals surface area contributed by atoms with E-state index in [0.29, 0.717) is 23.8 Å². The van der Waals surface area contributed by atoms with E-state index in [-0.39, 0.29) is 5.91 Å². The van der Waals surface area contributed by atoms with Crippen LogP contribution < -0.4 is 14.8 Å². The van der Waals surface area contributed by atoms with Crippen molar-refractivity contribution in [3.05, 3.63) is 66.4 Å². The first-order valence-corrected chi connectivity index (χ1v) is 8.85. The number of methoxy groups -OCH3 is 1. The molecule has 27 heavy (non-hydrogen) atoms. The van der Waals surface area contributed by atoms with Gasteiger partial charge in [-0.05, 0) is 42.3 Å². The lowest BCUT2D eigenvalue weighted by molar-refractivity contribution is -0.111. The molecule has 3 aromatic rings. The van der Waals surface area contributed by atoms with Gasteiger partial charge in [0.2, 0.25) is 5.91 Å². The number of ether oxygens (including phenoxy) is 2. The van der Waals surface area contributed by atoms with Crippen molar-refractivity contribution in [2.75, 3.05) is 19.0 Å². The van der Waals surface area contributed by atoms with E-state index in [9.17, 15) is 4.79 Å². The van der Waals surface area contributed by atoms with Crippen LogP contribution in [0.1, 0.15) is 18.9 Å². The molecular formula is C22H22N2O3. The van der Waals surface area contributed by atoms with Gasteiger partial charge in [0, 0.05) is 17.7 Å². The Kier molecular flexibility index (Phi) is 6.05. The number of rotatable bonds is 7. The van der Waals surface area contributed by atoms with Gasteiger partial charge in [-0.2, -0.15) is 0 Å². The Hall–Kier alpha value is -3.34. The van der Waals surface area contributed by atoms with Gasteiger partial charge in [-0.1, -0.05) is 31.2 Å². The van der Waals surface area contributed by atoms with Gasteiger partial charge in [-0.15, -0.1) is 0 Å². The van der Waals surface area contributed by atoms with E-state index in [1.807, 2.05) is 55.5 Å². The van der Waals surface area contributed by atoms with Crippen molar-refractivity contribution in [3.63, 3.8) is 0 Å². The zero-order valence-electron chi connectivity index (χ0n) is 15.4. The fraction of sp³-hybridized carbons (Fsp3) is 0.182. The molecule has 0 atom stereocenters. The Bertz CT molecular complexity index is 961. The number of nitrogens with zero attached hydrogens (tertiary/aromatic N) is 1. The number of fused-ring (bicyclic) bond motifs is 1. The van der Waals surface area contributed by atoms with Gasteiger partial charge in [-0.3, -0.25) is 9.78 Å². The lowest BCUT2D eigenvalue weighted by Gasteiger charge is -2.10. The molecule has 0 spiro atoms. The maximum Gasteiger partial charge on any atom is 0.248 e. The van der Waals surface area contributed by atoms with Crippen LogP contribution in [-0.4, -0.2) is 24.6 Å². The third-order valence-corrected chi connectivity index (χ3v) is 3.97. The Balaban J connectivity index is 1.72. The molecule has 0 aliphatic heterocycles. The van der Waals surface area contributed by atoms with Crippen LogP contribution in [0.2, 0.25) is 0 Å². The first-order valence-electron chi connectivity index (χ1n) is 8.85. The topological polar surface area (TPSA) is 60.5 Å². The number of benzene rings is 2. The van der Waals surface area contributed by atoms with Crippen molar-refractivity contribution in [3.8, 4) is 11.5 Å². The molecular weight excluding hydrogens is 340 g/mol. The highest BCUT2D eigenvalue weighted by molar-refractivity contribution is 6.06. The number of hydrogen-bond donors (Lipinski definition) is 1. The van der Waals surface area contributed by atoms with Crippen LogP contribution in [0.4, 0.5) is 5.69 Å². The molecule has 0 radical (unpaired) electrons. The van der Waals surface area contributed by atoms with Crippen LogP contribution in [0, 0.1) is 0 Å². The van der Waals surface area contributed by atoms with Crippen LogP contribution in [0.3, 0.4) is 0 Å². The Morgan fingerprint density at radius 2 is 2.00 bits per heavy atom. The summed E-state index contributed by atoms with van der Waals surface area (Å²) >= 11 is 0. The number of hydrogen-bond acceptors (Lipinski definition) is 4. The summed E-state index contributed by atoms with van der Waals surface area (Å²) in [5.74, 6) is 1.12. The van der Waals surface area contributed by atoms with E-state index in [2.05, 4.69) is 10.3 Å². The lowest BCUT2D eigenvalue weighted by atomic mass is 10.1. The van der Waals surface area contributed by atoms with Crippen molar-refractivity contribution in [2.45, 2.75) is 13.3 Å². The summed E-state index contributed by atoms with van der Waals surface area (Å²) in [7, 11) is 1.60. The van der Waals surface area contributed by atoms with E-state index >= 15 is 0 Å². The number of carbonyl (C=O) groups excluding carboxylic acids is 1. The zero-order chi connectivity index (χ0) is 19.1. The minimum Gasteiger partial charge on any atom is -0.493 e. The normalized spacial score (nSPS) is 10.9. The van der Waals surface area contributed by atoms with Gasteiger partial charge >= 0.3 is 0 Å². The molecule has 0 saturated heterocycles. The number of carbonyl (C=O) groups is 1. The molecule has 0 aliphatic rings. The quantitative estimate of drug-likeness (QED) is 0.620. The highest BCUT2D eigenvalue weighted by atomic mass is 16.5. The number of anilines is 1. The molecule has 5 nitrogen and oxygen atoms in total. The monoisotopic (exact) mass is 362 g/mol. The summed E-state index contributed by atoms with van der Waals surface area (Å²) in [6.07, 6.45) is 5.86.